The number of rotatable bonds is 8. The number of halogens is 1. The van der Waals surface area contributed by atoms with Gasteiger partial charge in [-0.1, -0.05) is 53.7 Å². The molecule has 0 bridgehead atoms. The van der Waals surface area contributed by atoms with Crippen molar-refractivity contribution in [3.05, 3.63) is 75.9 Å². The van der Waals surface area contributed by atoms with E-state index in [-0.39, 0.29) is 11.5 Å². The molecule has 0 N–H and O–H groups in total. The van der Waals surface area contributed by atoms with Crippen LogP contribution in [0.1, 0.15) is 16.6 Å². The second-order valence-electron chi connectivity index (χ2n) is 6.25. The number of nitrogens with zero attached hydrogens (tertiary/aromatic N) is 3. The number of Topliss-reactive ketones (excluding diaryl/α,β-unsaturated/α-hetero) is 1. The van der Waals surface area contributed by atoms with Gasteiger partial charge < -0.3 is 4.74 Å². The van der Waals surface area contributed by atoms with Crippen LogP contribution in [0.4, 0.5) is 0 Å². The Morgan fingerprint density at radius 2 is 1.83 bits per heavy atom. The molecule has 2 heterocycles. The molecule has 0 fully saturated rings. The van der Waals surface area contributed by atoms with E-state index in [1.807, 2.05) is 66.1 Å². The SMILES string of the molecule is CCOc1ccc(-n2c(SCC(=O)c3ccc(Cl)s3)nnc2-c2ccccc2)cc1. The first kappa shape index (κ1) is 20.7. The van der Waals surface area contributed by atoms with E-state index in [1.165, 1.54) is 23.1 Å². The van der Waals surface area contributed by atoms with Crippen molar-refractivity contribution in [2.75, 3.05) is 12.4 Å². The highest BCUT2D eigenvalue weighted by atomic mass is 35.5. The lowest BCUT2D eigenvalue weighted by Gasteiger charge is -2.11. The molecular formula is C22H18ClN3O2S2. The van der Waals surface area contributed by atoms with Gasteiger partial charge in [0.1, 0.15) is 5.75 Å². The van der Waals surface area contributed by atoms with E-state index in [9.17, 15) is 4.79 Å². The maximum atomic E-state index is 12.5. The molecular weight excluding hydrogens is 438 g/mol. The maximum absolute atomic E-state index is 12.5. The lowest BCUT2D eigenvalue weighted by Crippen LogP contribution is -2.04. The molecule has 0 unspecified atom stereocenters. The van der Waals surface area contributed by atoms with Crippen LogP contribution in [0, 0.1) is 0 Å². The molecule has 152 valence electrons. The summed E-state index contributed by atoms with van der Waals surface area (Å²) in [5, 5.41) is 9.42. The van der Waals surface area contributed by atoms with Gasteiger partial charge in [-0.3, -0.25) is 9.36 Å². The van der Waals surface area contributed by atoms with Gasteiger partial charge in [-0.2, -0.15) is 0 Å². The Morgan fingerprint density at radius 1 is 1.07 bits per heavy atom. The largest absolute Gasteiger partial charge is 0.494 e. The first-order valence-corrected chi connectivity index (χ1v) is 11.5. The molecule has 0 atom stereocenters. The summed E-state index contributed by atoms with van der Waals surface area (Å²) in [5.41, 5.74) is 1.85. The van der Waals surface area contributed by atoms with E-state index in [2.05, 4.69) is 10.2 Å². The standard InChI is InChI=1S/C22H18ClN3O2S2/c1-2-28-17-10-8-16(9-11-17)26-21(15-6-4-3-5-7-15)24-25-22(26)29-14-18(27)19-12-13-20(23)30-19/h3-13H,2,14H2,1H3. The van der Waals surface area contributed by atoms with Crippen molar-refractivity contribution in [1.82, 2.24) is 14.8 Å². The highest BCUT2D eigenvalue weighted by Crippen LogP contribution is 2.30. The summed E-state index contributed by atoms with van der Waals surface area (Å²) in [6, 6.07) is 21.1. The van der Waals surface area contributed by atoms with Crippen molar-refractivity contribution in [2.24, 2.45) is 0 Å². The van der Waals surface area contributed by atoms with Gasteiger partial charge in [-0.15, -0.1) is 21.5 Å². The molecule has 8 heteroatoms. The van der Waals surface area contributed by atoms with Crippen molar-refractivity contribution in [2.45, 2.75) is 12.1 Å². The lowest BCUT2D eigenvalue weighted by atomic mass is 10.2. The molecule has 0 aliphatic carbocycles. The minimum absolute atomic E-state index is 0.0133. The number of carbonyl (C=O) groups is 1. The fourth-order valence-corrected chi connectivity index (χ4v) is 4.80. The van der Waals surface area contributed by atoms with Gasteiger partial charge in [0, 0.05) is 11.3 Å². The zero-order chi connectivity index (χ0) is 20.9. The van der Waals surface area contributed by atoms with Crippen LogP contribution in [0.25, 0.3) is 17.1 Å². The smallest absolute Gasteiger partial charge is 0.196 e. The molecule has 2 aromatic carbocycles. The molecule has 30 heavy (non-hydrogen) atoms. The van der Waals surface area contributed by atoms with Crippen LogP contribution >= 0.6 is 34.7 Å². The van der Waals surface area contributed by atoms with Crippen LogP contribution in [-0.4, -0.2) is 32.9 Å². The first-order valence-electron chi connectivity index (χ1n) is 9.31. The molecule has 0 saturated heterocycles. The minimum Gasteiger partial charge on any atom is -0.494 e. The fraction of sp³-hybridized carbons (Fsp3) is 0.136. The summed E-state index contributed by atoms with van der Waals surface area (Å²) < 4.78 is 8.12. The van der Waals surface area contributed by atoms with Gasteiger partial charge in [0.15, 0.2) is 16.8 Å². The minimum atomic E-state index is 0.0133. The highest BCUT2D eigenvalue weighted by Gasteiger charge is 2.18. The Balaban J connectivity index is 1.66. The molecule has 2 aromatic heterocycles. The molecule has 0 radical (unpaired) electrons. The fourth-order valence-electron chi connectivity index (χ4n) is 2.89. The van der Waals surface area contributed by atoms with Gasteiger partial charge in [0.05, 0.1) is 21.6 Å². The first-order chi connectivity index (χ1) is 14.7. The van der Waals surface area contributed by atoms with E-state index in [4.69, 9.17) is 16.3 Å². The summed E-state index contributed by atoms with van der Waals surface area (Å²) in [7, 11) is 0. The number of hydrogen-bond donors (Lipinski definition) is 0. The summed E-state index contributed by atoms with van der Waals surface area (Å²) >= 11 is 8.60. The van der Waals surface area contributed by atoms with Crippen molar-refractivity contribution in [3.63, 3.8) is 0 Å². The van der Waals surface area contributed by atoms with Gasteiger partial charge in [-0.25, -0.2) is 0 Å². The van der Waals surface area contributed by atoms with E-state index in [0.717, 1.165) is 17.0 Å². The van der Waals surface area contributed by atoms with E-state index >= 15 is 0 Å². The van der Waals surface area contributed by atoms with E-state index in [1.54, 1.807) is 12.1 Å². The maximum Gasteiger partial charge on any atom is 0.196 e. The van der Waals surface area contributed by atoms with Crippen molar-refractivity contribution in [1.29, 1.82) is 0 Å². The molecule has 0 aliphatic rings. The molecule has 4 rings (SSSR count). The van der Waals surface area contributed by atoms with Gasteiger partial charge in [-0.05, 0) is 43.3 Å². The number of aromatic nitrogens is 3. The average molecular weight is 456 g/mol. The van der Waals surface area contributed by atoms with Gasteiger partial charge in [0.2, 0.25) is 0 Å². The summed E-state index contributed by atoms with van der Waals surface area (Å²) in [4.78, 5) is 13.2. The van der Waals surface area contributed by atoms with Crippen LogP contribution in [0.2, 0.25) is 4.34 Å². The molecule has 0 amide bonds. The summed E-state index contributed by atoms with van der Waals surface area (Å²) in [5.74, 6) is 1.78. The van der Waals surface area contributed by atoms with Crippen molar-refractivity contribution < 1.29 is 9.53 Å². The Bertz CT molecular complexity index is 1140. The van der Waals surface area contributed by atoms with Gasteiger partial charge >= 0.3 is 0 Å². The van der Waals surface area contributed by atoms with Crippen LogP contribution in [0.3, 0.4) is 0 Å². The quantitative estimate of drug-likeness (QED) is 0.240. The number of ketones is 1. The predicted molar refractivity (Wildman–Crippen MR) is 122 cm³/mol. The molecule has 0 aliphatic heterocycles. The number of carbonyl (C=O) groups excluding carboxylic acids is 1. The van der Waals surface area contributed by atoms with Crippen LogP contribution < -0.4 is 4.74 Å². The Labute approximate surface area is 187 Å². The summed E-state index contributed by atoms with van der Waals surface area (Å²) in [6.45, 7) is 2.56. The molecule has 5 nitrogen and oxygen atoms in total. The van der Waals surface area contributed by atoms with E-state index < -0.39 is 0 Å². The third-order valence-electron chi connectivity index (χ3n) is 4.25. The Kier molecular flexibility index (Phi) is 6.52. The number of hydrogen-bond acceptors (Lipinski definition) is 6. The van der Waals surface area contributed by atoms with Crippen molar-refractivity contribution >= 4 is 40.5 Å². The number of thiophene rings is 1. The Hall–Kier alpha value is -2.61. The second kappa shape index (κ2) is 9.47. The third kappa shape index (κ3) is 4.59. The monoisotopic (exact) mass is 455 g/mol. The van der Waals surface area contributed by atoms with Crippen molar-refractivity contribution in [3.8, 4) is 22.8 Å². The Morgan fingerprint density at radius 3 is 2.50 bits per heavy atom. The molecule has 0 saturated carbocycles. The topological polar surface area (TPSA) is 57.0 Å². The van der Waals surface area contributed by atoms with E-state index in [0.29, 0.717) is 26.8 Å². The second-order valence-corrected chi connectivity index (χ2v) is 8.91. The van der Waals surface area contributed by atoms with Crippen LogP contribution in [0.5, 0.6) is 5.75 Å². The van der Waals surface area contributed by atoms with Crippen LogP contribution in [-0.2, 0) is 0 Å². The predicted octanol–water partition coefficient (Wildman–Crippen LogP) is 6.02. The number of ether oxygens (including phenoxy) is 1. The average Bonchev–Trinajstić information content (AvgIpc) is 3.40. The number of thioether (sulfide) groups is 1. The molecule has 0 spiro atoms. The van der Waals surface area contributed by atoms with Crippen LogP contribution in [0.15, 0.2) is 71.9 Å². The highest BCUT2D eigenvalue weighted by molar-refractivity contribution is 7.99. The zero-order valence-electron chi connectivity index (χ0n) is 16.1. The zero-order valence-corrected chi connectivity index (χ0v) is 18.5. The lowest BCUT2D eigenvalue weighted by molar-refractivity contribution is 0.102. The third-order valence-corrected chi connectivity index (χ3v) is 6.45. The molecule has 4 aromatic rings. The summed E-state index contributed by atoms with van der Waals surface area (Å²) in [6.07, 6.45) is 0. The number of benzene rings is 2. The van der Waals surface area contributed by atoms with Gasteiger partial charge in [0.25, 0.3) is 0 Å². The normalized spacial score (nSPS) is 10.9.